The van der Waals surface area contributed by atoms with E-state index in [0.717, 1.165) is 29.8 Å². The molecule has 134 valence electrons. The third-order valence-electron chi connectivity index (χ3n) is 4.58. The molecule has 0 atom stereocenters. The molecule has 0 spiro atoms. The lowest BCUT2D eigenvalue weighted by Crippen LogP contribution is -2.19. The van der Waals surface area contributed by atoms with Crippen molar-refractivity contribution in [1.82, 2.24) is 0 Å². The second kappa shape index (κ2) is 8.19. The lowest BCUT2D eigenvalue weighted by molar-refractivity contribution is 0.407. The largest absolute Gasteiger partial charge is 0.507 e. The van der Waals surface area contributed by atoms with Crippen LogP contribution in [0.2, 0.25) is 0 Å². The predicted molar refractivity (Wildman–Crippen MR) is 105 cm³/mol. The van der Waals surface area contributed by atoms with Gasteiger partial charge in [-0.25, -0.2) is 0 Å². The average molecular weight is 339 g/mol. The number of phenolic OH excluding ortho intramolecular Hbond substituents is 1. The van der Waals surface area contributed by atoms with Gasteiger partial charge >= 0.3 is 0 Å². The molecule has 0 bridgehead atoms. The summed E-state index contributed by atoms with van der Waals surface area (Å²) >= 11 is 0. The fourth-order valence-corrected chi connectivity index (χ4v) is 2.83. The molecule has 0 heterocycles. The van der Waals surface area contributed by atoms with Gasteiger partial charge in [0.2, 0.25) is 0 Å². The van der Waals surface area contributed by atoms with Crippen LogP contribution < -0.4 is 4.74 Å². The summed E-state index contributed by atoms with van der Waals surface area (Å²) in [4.78, 5) is 4.47. The van der Waals surface area contributed by atoms with E-state index in [9.17, 15) is 5.11 Å². The van der Waals surface area contributed by atoms with E-state index in [0.29, 0.717) is 11.5 Å². The summed E-state index contributed by atoms with van der Waals surface area (Å²) in [6.07, 6.45) is 2.79. The zero-order valence-corrected chi connectivity index (χ0v) is 15.9. The van der Waals surface area contributed by atoms with Gasteiger partial charge in [-0.1, -0.05) is 58.0 Å². The van der Waals surface area contributed by atoms with Crippen LogP contribution in [0.25, 0.3) is 0 Å². The van der Waals surface area contributed by atoms with Crippen LogP contribution in [0.3, 0.4) is 0 Å². The van der Waals surface area contributed by atoms with E-state index in [1.54, 1.807) is 13.3 Å². The number of nitrogens with zero attached hydrogens (tertiary/aromatic N) is 1. The molecule has 0 aliphatic carbocycles. The zero-order chi connectivity index (χ0) is 18.4. The van der Waals surface area contributed by atoms with Crippen LogP contribution in [0, 0.1) is 5.92 Å². The number of hydrogen-bond acceptors (Lipinski definition) is 3. The highest BCUT2D eigenvalue weighted by molar-refractivity contribution is 5.85. The van der Waals surface area contributed by atoms with Gasteiger partial charge in [0.15, 0.2) is 0 Å². The van der Waals surface area contributed by atoms with Gasteiger partial charge in [-0.2, -0.15) is 0 Å². The van der Waals surface area contributed by atoms with Crippen molar-refractivity contribution < 1.29 is 9.84 Å². The van der Waals surface area contributed by atoms with Crippen molar-refractivity contribution in [2.45, 2.75) is 39.5 Å². The fraction of sp³-hybridized carbons (Fsp3) is 0.409. The lowest BCUT2D eigenvalue weighted by atomic mass is 9.77. The van der Waals surface area contributed by atoms with E-state index < -0.39 is 0 Å². The highest BCUT2D eigenvalue weighted by Crippen LogP contribution is 2.40. The van der Waals surface area contributed by atoms with Gasteiger partial charge < -0.3 is 9.84 Å². The predicted octanol–water partition coefficient (Wildman–Crippen LogP) is 5.19. The Morgan fingerprint density at radius 1 is 1.16 bits per heavy atom. The Bertz CT molecular complexity index is 718. The monoisotopic (exact) mass is 339 g/mol. The number of benzene rings is 2. The first-order valence-electron chi connectivity index (χ1n) is 8.83. The lowest BCUT2D eigenvalue weighted by Gasteiger charge is -2.28. The van der Waals surface area contributed by atoms with Gasteiger partial charge in [0.25, 0.3) is 0 Å². The van der Waals surface area contributed by atoms with Crippen molar-refractivity contribution in [1.29, 1.82) is 0 Å². The third kappa shape index (κ3) is 4.62. The van der Waals surface area contributed by atoms with E-state index in [1.165, 1.54) is 0 Å². The molecule has 3 heteroatoms. The van der Waals surface area contributed by atoms with Crippen molar-refractivity contribution in [3.63, 3.8) is 0 Å². The maximum absolute atomic E-state index is 10.9. The third-order valence-corrected chi connectivity index (χ3v) is 4.58. The number of hydrogen-bond donors (Lipinski definition) is 1. The van der Waals surface area contributed by atoms with E-state index in [2.05, 4.69) is 44.8 Å². The Hall–Kier alpha value is -2.29. The summed E-state index contributed by atoms with van der Waals surface area (Å²) in [7, 11) is 1.64. The molecule has 0 aliphatic rings. The minimum atomic E-state index is -0.347. The smallest absolute Gasteiger partial charge is 0.128 e. The van der Waals surface area contributed by atoms with Crippen LogP contribution in [0.1, 0.15) is 50.8 Å². The molecular formula is C22H29NO2. The standard InChI is InChI=1S/C22H29NO2/c1-16(2)11-12-23-15-17-13-19(25-5)14-20(21(17)24)22(3,4)18-9-7-6-8-10-18/h6-10,13-16,24H,11-12H2,1-5H3. The fourth-order valence-electron chi connectivity index (χ4n) is 2.83. The molecule has 25 heavy (non-hydrogen) atoms. The average Bonchev–Trinajstić information content (AvgIpc) is 2.60. The molecule has 2 aromatic rings. The summed E-state index contributed by atoms with van der Waals surface area (Å²) < 4.78 is 5.45. The van der Waals surface area contributed by atoms with Crippen molar-refractivity contribution in [2.75, 3.05) is 13.7 Å². The summed E-state index contributed by atoms with van der Waals surface area (Å²) in [5.74, 6) is 1.61. The number of phenols is 1. The molecular weight excluding hydrogens is 310 g/mol. The van der Waals surface area contributed by atoms with E-state index in [4.69, 9.17) is 4.74 Å². The summed E-state index contributed by atoms with van der Waals surface area (Å²) in [5.41, 5.74) is 2.33. The summed E-state index contributed by atoms with van der Waals surface area (Å²) in [6, 6.07) is 13.9. The Morgan fingerprint density at radius 2 is 1.84 bits per heavy atom. The van der Waals surface area contributed by atoms with Crippen LogP contribution in [-0.4, -0.2) is 25.0 Å². The van der Waals surface area contributed by atoms with Crippen LogP contribution in [-0.2, 0) is 5.41 Å². The van der Waals surface area contributed by atoms with Crippen molar-refractivity contribution in [2.24, 2.45) is 10.9 Å². The second-order valence-electron chi connectivity index (χ2n) is 7.32. The van der Waals surface area contributed by atoms with Crippen LogP contribution in [0.5, 0.6) is 11.5 Å². The van der Waals surface area contributed by atoms with Crippen molar-refractivity contribution in [3.8, 4) is 11.5 Å². The first-order valence-corrected chi connectivity index (χ1v) is 8.83. The highest BCUT2D eigenvalue weighted by atomic mass is 16.5. The Kier molecular flexibility index (Phi) is 6.24. The second-order valence-corrected chi connectivity index (χ2v) is 7.32. The molecule has 2 rings (SSSR count). The van der Waals surface area contributed by atoms with E-state index >= 15 is 0 Å². The minimum Gasteiger partial charge on any atom is -0.507 e. The number of rotatable bonds is 7. The molecule has 0 radical (unpaired) electrons. The normalized spacial score (nSPS) is 12.1. The van der Waals surface area contributed by atoms with Gasteiger partial charge in [-0.15, -0.1) is 0 Å². The number of aromatic hydroxyl groups is 1. The van der Waals surface area contributed by atoms with Crippen molar-refractivity contribution >= 4 is 6.21 Å². The van der Waals surface area contributed by atoms with Crippen LogP contribution in [0.4, 0.5) is 0 Å². The maximum Gasteiger partial charge on any atom is 0.128 e. The van der Waals surface area contributed by atoms with Gasteiger partial charge in [0.05, 0.1) is 7.11 Å². The van der Waals surface area contributed by atoms with Crippen LogP contribution >= 0.6 is 0 Å². The minimum absolute atomic E-state index is 0.267. The maximum atomic E-state index is 10.9. The molecule has 0 aliphatic heterocycles. The molecule has 1 N–H and O–H groups in total. The number of aliphatic imine (C=N–C) groups is 1. The zero-order valence-electron chi connectivity index (χ0n) is 15.9. The SMILES string of the molecule is COc1cc(C=NCCC(C)C)c(O)c(C(C)(C)c2ccccc2)c1. The highest BCUT2D eigenvalue weighted by Gasteiger charge is 2.28. The Balaban J connectivity index is 2.43. The molecule has 0 fully saturated rings. The number of ether oxygens (including phenoxy) is 1. The molecule has 0 saturated carbocycles. The van der Waals surface area contributed by atoms with E-state index in [1.807, 2.05) is 30.3 Å². The first-order chi connectivity index (χ1) is 11.9. The van der Waals surface area contributed by atoms with Crippen LogP contribution in [0.15, 0.2) is 47.5 Å². The van der Waals surface area contributed by atoms with Gasteiger partial charge in [-0.05, 0) is 30.0 Å². The first kappa shape index (κ1) is 19.0. The quantitative estimate of drug-likeness (QED) is 0.705. The molecule has 0 saturated heterocycles. The summed E-state index contributed by atoms with van der Waals surface area (Å²) in [5, 5.41) is 10.9. The Morgan fingerprint density at radius 3 is 2.44 bits per heavy atom. The van der Waals surface area contributed by atoms with Crippen molar-refractivity contribution in [3.05, 3.63) is 59.2 Å². The topological polar surface area (TPSA) is 41.8 Å². The molecule has 0 amide bonds. The van der Waals surface area contributed by atoms with Gasteiger partial charge in [0, 0.05) is 29.3 Å². The van der Waals surface area contributed by atoms with Gasteiger partial charge in [0.1, 0.15) is 11.5 Å². The number of methoxy groups -OCH3 is 1. The molecule has 3 nitrogen and oxygen atoms in total. The Labute approximate surface area is 151 Å². The molecule has 2 aromatic carbocycles. The molecule has 0 unspecified atom stereocenters. The van der Waals surface area contributed by atoms with Gasteiger partial charge in [-0.3, -0.25) is 4.99 Å². The summed E-state index contributed by atoms with van der Waals surface area (Å²) in [6.45, 7) is 9.33. The molecule has 0 aromatic heterocycles. The van der Waals surface area contributed by atoms with E-state index in [-0.39, 0.29) is 11.2 Å².